The van der Waals surface area contributed by atoms with Gasteiger partial charge in [0.1, 0.15) is 0 Å². The summed E-state index contributed by atoms with van der Waals surface area (Å²) in [6.07, 6.45) is 0.369. The van der Waals surface area contributed by atoms with Crippen molar-refractivity contribution in [3.05, 3.63) is 11.7 Å². The summed E-state index contributed by atoms with van der Waals surface area (Å²) in [7, 11) is 3.87. The van der Waals surface area contributed by atoms with Crippen molar-refractivity contribution in [1.82, 2.24) is 20.4 Å². The van der Waals surface area contributed by atoms with Gasteiger partial charge >= 0.3 is 0 Å². The molecule has 0 saturated heterocycles. The Morgan fingerprint density at radius 1 is 1.50 bits per heavy atom. The zero-order chi connectivity index (χ0) is 12.0. The molecule has 1 aromatic heterocycles. The molecule has 1 heterocycles. The topological polar surface area (TPSA) is 74.4 Å². The van der Waals surface area contributed by atoms with Crippen molar-refractivity contribution in [1.29, 1.82) is 0 Å². The van der Waals surface area contributed by atoms with Gasteiger partial charge < -0.3 is 19.8 Å². The number of aryl methyl sites for hydroxylation is 1. The van der Waals surface area contributed by atoms with Gasteiger partial charge in [0.05, 0.1) is 6.10 Å². The number of aromatic nitrogens is 2. The number of aliphatic hydroxyl groups is 1. The van der Waals surface area contributed by atoms with Gasteiger partial charge in [-0.2, -0.15) is 4.98 Å². The fourth-order valence-electron chi connectivity index (χ4n) is 1.40. The van der Waals surface area contributed by atoms with Crippen LogP contribution in [0.1, 0.15) is 11.7 Å². The van der Waals surface area contributed by atoms with Crippen LogP contribution >= 0.6 is 0 Å². The zero-order valence-corrected chi connectivity index (χ0v) is 10.1. The van der Waals surface area contributed by atoms with E-state index in [-0.39, 0.29) is 6.10 Å². The second-order valence-corrected chi connectivity index (χ2v) is 4.10. The van der Waals surface area contributed by atoms with Gasteiger partial charge in [0, 0.05) is 33.0 Å². The maximum absolute atomic E-state index is 9.57. The monoisotopic (exact) mass is 228 g/mol. The van der Waals surface area contributed by atoms with Crippen LogP contribution in [0.25, 0.3) is 0 Å². The number of rotatable bonds is 7. The highest BCUT2D eigenvalue weighted by Gasteiger charge is 2.05. The number of likely N-dealkylation sites (N-methyl/N-ethyl adjacent to an activating group) is 1. The summed E-state index contributed by atoms with van der Waals surface area (Å²) >= 11 is 0. The van der Waals surface area contributed by atoms with Gasteiger partial charge in [-0.3, -0.25) is 0 Å². The molecular formula is C10H20N4O2. The van der Waals surface area contributed by atoms with Gasteiger partial charge in [-0.25, -0.2) is 0 Å². The van der Waals surface area contributed by atoms with Crippen molar-refractivity contribution in [2.45, 2.75) is 19.4 Å². The average Bonchev–Trinajstić information content (AvgIpc) is 2.58. The molecule has 2 N–H and O–H groups in total. The summed E-state index contributed by atoms with van der Waals surface area (Å²) in [5.41, 5.74) is 0. The fourth-order valence-corrected chi connectivity index (χ4v) is 1.40. The van der Waals surface area contributed by atoms with Gasteiger partial charge in [0.2, 0.25) is 5.89 Å². The molecule has 92 valence electrons. The number of hydrogen-bond acceptors (Lipinski definition) is 6. The first kappa shape index (κ1) is 13.1. The lowest BCUT2D eigenvalue weighted by atomic mass is 10.3. The maximum atomic E-state index is 9.57. The normalized spacial score (nSPS) is 13.3. The van der Waals surface area contributed by atoms with E-state index in [9.17, 15) is 5.11 Å². The second kappa shape index (κ2) is 6.57. The summed E-state index contributed by atoms with van der Waals surface area (Å²) in [6, 6.07) is 0. The summed E-state index contributed by atoms with van der Waals surface area (Å²) in [4.78, 5) is 6.04. The van der Waals surface area contributed by atoms with Crippen LogP contribution in [0, 0.1) is 6.92 Å². The molecule has 0 saturated carbocycles. The molecule has 1 rings (SSSR count). The van der Waals surface area contributed by atoms with E-state index < -0.39 is 0 Å². The highest BCUT2D eigenvalue weighted by molar-refractivity contribution is 4.84. The standard InChI is InChI=1S/C10H20N4O2/c1-8-12-10(13-16-8)4-5-11-6-9(15)7-14(2)3/h9,11,15H,4-7H2,1-3H3. The Labute approximate surface area is 95.6 Å². The van der Waals surface area contributed by atoms with Crippen LogP contribution < -0.4 is 5.32 Å². The Morgan fingerprint density at radius 2 is 2.25 bits per heavy atom. The molecule has 16 heavy (non-hydrogen) atoms. The molecule has 0 aliphatic rings. The van der Waals surface area contributed by atoms with Crippen molar-refractivity contribution in [3.8, 4) is 0 Å². The van der Waals surface area contributed by atoms with E-state index in [1.54, 1.807) is 6.92 Å². The quantitative estimate of drug-likeness (QED) is 0.609. The predicted octanol–water partition coefficient (Wildman–Crippen LogP) is -0.567. The molecule has 0 amide bonds. The van der Waals surface area contributed by atoms with Crippen molar-refractivity contribution < 1.29 is 9.63 Å². The van der Waals surface area contributed by atoms with Crippen LogP contribution in [0.5, 0.6) is 0 Å². The van der Waals surface area contributed by atoms with Crippen LogP contribution in [0.3, 0.4) is 0 Å². The van der Waals surface area contributed by atoms with Gasteiger partial charge in [0.25, 0.3) is 0 Å². The van der Waals surface area contributed by atoms with E-state index in [2.05, 4.69) is 15.5 Å². The number of nitrogens with one attached hydrogen (secondary N) is 1. The van der Waals surface area contributed by atoms with Crippen LogP contribution in [0.2, 0.25) is 0 Å². The third kappa shape index (κ3) is 5.20. The molecule has 0 aliphatic carbocycles. The lowest BCUT2D eigenvalue weighted by molar-refractivity contribution is 0.135. The first-order valence-electron chi connectivity index (χ1n) is 5.40. The summed E-state index contributed by atoms with van der Waals surface area (Å²) in [5.74, 6) is 1.29. The van der Waals surface area contributed by atoms with Gasteiger partial charge in [-0.05, 0) is 14.1 Å². The number of hydrogen-bond donors (Lipinski definition) is 2. The minimum Gasteiger partial charge on any atom is -0.390 e. The van der Waals surface area contributed by atoms with E-state index in [1.165, 1.54) is 0 Å². The molecule has 1 atom stereocenters. The van der Waals surface area contributed by atoms with E-state index in [1.807, 2.05) is 19.0 Å². The highest BCUT2D eigenvalue weighted by atomic mass is 16.5. The zero-order valence-electron chi connectivity index (χ0n) is 10.1. The average molecular weight is 228 g/mol. The van der Waals surface area contributed by atoms with Crippen LogP contribution in [-0.2, 0) is 6.42 Å². The van der Waals surface area contributed by atoms with Crippen molar-refractivity contribution in [2.75, 3.05) is 33.7 Å². The molecular weight excluding hydrogens is 208 g/mol. The van der Waals surface area contributed by atoms with Crippen molar-refractivity contribution in [3.63, 3.8) is 0 Å². The Kier molecular flexibility index (Phi) is 5.37. The smallest absolute Gasteiger partial charge is 0.223 e. The number of aliphatic hydroxyl groups excluding tert-OH is 1. The van der Waals surface area contributed by atoms with Crippen molar-refractivity contribution >= 4 is 0 Å². The predicted molar refractivity (Wildman–Crippen MR) is 60.2 cm³/mol. The van der Waals surface area contributed by atoms with E-state index >= 15 is 0 Å². The third-order valence-electron chi connectivity index (χ3n) is 2.05. The molecule has 1 aromatic rings. The first-order valence-corrected chi connectivity index (χ1v) is 5.40. The summed E-state index contributed by atoms with van der Waals surface area (Å²) in [6.45, 7) is 3.75. The lowest BCUT2D eigenvalue weighted by Gasteiger charge is -2.15. The maximum Gasteiger partial charge on any atom is 0.223 e. The van der Waals surface area contributed by atoms with Gasteiger partial charge in [0.15, 0.2) is 5.82 Å². The summed E-state index contributed by atoms with van der Waals surface area (Å²) in [5, 5.41) is 16.5. The Hall–Kier alpha value is -0.980. The molecule has 6 nitrogen and oxygen atoms in total. The van der Waals surface area contributed by atoms with Crippen LogP contribution in [0.4, 0.5) is 0 Å². The molecule has 0 aromatic carbocycles. The molecule has 0 radical (unpaired) electrons. The second-order valence-electron chi connectivity index (χ2n) is 4.10. The Balaban J connectivity index is 2.07. The number of nitrogens with zero attached hydrogens (tertiary/aromatic N) is 3. The third-order valence-corrected chi connectivity index (χ3v) is 2.05. The molecule has 0 fully saturated rings. The van der Waals surface area contributed by atoms with Gasteiger partial charge in [-0.15, -0.1) is 0 Å². The van der Waals surface area contributed by atoms with Crippen LogP contribution in [-0.4, -0.2) is 60.0 Å². The molecule has 0 aliphatic heterocycles. The minimum atomic E-state index is -0.345. The first-order chi connectivity index (χ1) is 7.58. The van der Waals surface area contributed by atoms with E-state index in [0.29, 0.717) is 31.2 Å². The van der Waals surface area contributed by atoms with Crippen LogP contribution in [0.15, 0.2) is 4.52 Å². The highest BCUT2D eigenvalue weighted by Crippen LogP contribution is 1.94. The molecule has 6 heteroatoms. The fraction of sp³-hybridized carbons (Fsp3) is 0.800. The summed E-state index contributed by atoms with van der Waals surface area (Å²) < 4.78 is 4.85. The molecule has 0 bridgehead atoms. The minimum absolute atomic E-state index is 0.345. The molecule has 0 spiro atoms. The SMILES string of the molecule is Cc1nc(CCNCC(O)CN(C)C)no1. The van der Waals surface area contributed by atoms with Gasteiger partial charge in [-0.1, -0.05) is 5.16 Å². The van der Waals surface area contributed by atoms with E-state index in [4.69, 9.17) is 4.52 Å². The van der Waals surface area contributed by atoms with E-state index in [0.717, 1.165) is 6.54 Å². The Bertz CT molecular complexity index is 301. The lowest BCUT2D eigenvalue weighted by Crippen LogP contribution is -2.35. The largest absolute Gasteiger partial charge is 0.390 e. The Morgan fingerprint density at radius 3 is 2.81 bits per heavy atom. The van der Waals surface area contributed by atoms with Crippen molar-refractivity contribution in [2.24, 2.45) is 0 Å². The molecule has 1 unspecified atom stereocenters.